The number of amides is 3. The van der Waals surface area contributed by atoms with Crippen LogP contribution in [0.25, 0.3) is 11.1 Å². The molecule has 0 radical (unpaired) electrons. The largest absolute Gasteiger partial charge is 0.446 e. The van der Waals surface area contributed by atoms with E-state index in [2.05, 4.69) is 42.9 Å². The van der Waals surface area contributed by atoms with Gasteiger partial charge in [0.05, 0.1) is 5.69 Å². The number of nitrogens with one attached hydrogen (secondary N) is 1. The summed E-state index contributed by atoms with van der Waals surface area (Å²) in [7, 11) is 3.97. The summed E-state index contributed by atoms with van der Waals surface area (Å²) < 4.78 is 5.73. The zero-order valence-electron chi connectivity index (χ0n) is 30.8. The van der Waals surface area contributed by atoms with Crippen molar-refractivity contribution in [2.45, 2.75) is 59.0 Å². The summed E-state index contributed by atoms with van der Waals surface area (Å²) in [5.41, 5.74) is 4.70. The Hall–Kier alpha value is -4.21. The van der Waals surface area contributed by atoms with Crippen LogP contribution < -0.4 is 5.32 Å². The van der Waals surface area contributed by atoms with E-state index in [9.17, 15) is 14.4 Å². The van der Waals surface area contributed by atoms with Crippen molar-refractivity contribution in [1.29, 1.82) is 0 Å². The van der Waals surface area contributed by atoms with Crippen LogP contribution in [0, 0.1) is 5.92 Å². The topological polar surface area (TPSA) is 85.4 Å². The van der Waals surface area contributed by atoms with Crippen molar-refractivity contribution < 1.29 is 19.1 Å². The maximum absolute atomic E-state index is 12.7. The molecule has 50 heavy (non-hydrogen) atoms. The number of aryl methyl sites for hydroxylation is 1. The Labute approximate surface area is 299 Å². The average Bonchev–Trinajstić information content (AvgIpc) is 3.15. The second-order valence-electron chi connectivity index (χ2n) is 13.3. The number of likely N-dealkylation sites (N-methyl/N-ethyl adjacent to an activating group) is 1. The summed E-state index contributed by atoms with van der Waals surface area (Å²) >= 11 is 0. The SMILES string of the molecule is CCN(CC)C(=O)C1CCN(C)CC1.CCc1ccc(C(=O)N(C)CCN2CCC(OC(=O)Nc3ccccc3-c3ccccc3)CC2)cc1. The third-order valence-corrected chi connectivity index (χ3v) is 9.91. The number of ether oxygens (including phenoxy) is 1. The van der Waals surface area contributed by atoms with Gasteiger partial charge in [0.25, 0.3) is 5.91 Å². The van der Waals surface area contributed by atoms with Crippen molar-refractivity contribution in [3.63, 3.8) is 0 Å². The fourth-order valence-electron chi connectivity index (χ4n) is 6.55. The third kappa shape index (κ3) is 11.4. The van der Waals surface area contributed by atoms with Crippen LogP contribution in [0.4, 0.5) is 10.5 Å². The van der Waals surface area contributed by atoms with Crippen molar-refractivity contribution in [2.24, 2.45) is 5.92 Å². The number of piperidine rings is 2. The summed E-state index contributed by atoms with van der Waals surface area (Å²) in [6.07, 6.45) is 4.07. The Bertz CT molecular complexity index is 1480. The maximum atomic E-state index is 12.7. The van der Waals surface area contributed by atoms with Crippen LogP contribution in [0.1, 0.15) is 62.4 Å². The van der Waals surface area contributed by atoms with Crippen molar-refractivity contribution in [1.82, 2.24) is 19.6 Å². The third-order valence-electron chi connectivity index (χ3n) is 9.91. The first-order valence-corrected chi connectivity index (χ1v) is 18.4. The van der Waals surface area contributed by atoms with Crippen LogP contribution in [0.3, 0.4) is 0 Å². The summed E-state index contributed by atoms with van der Waals surface area (Å²) in [4.78, 5) is 45.6. The molecule has 9 nitrogen and oxygen atoms in total. The zero-order chi connectivity index (χ0) is 35.9. The highest BCUT2D eigenvalue weighted by Gasteiger charge is 2.26. The number of carbonyl (C=O) groups is 3. The molecule has 2 aliphatic heterocycles. The molecular formula is C41H57N5O4. The molecule has 2 heterocycles. The zero-order valence-corrected chi connectivity index (χ0v) is 30.8. The molecule has 0 atom stereocenters. The standard InChI is InChI=1S/C30H35N3O3.C11H22N2O/c1-3-23-13-15-25(16-14-23)29(34)32(2)21-22-33-19-17-26(18-20-33)36-30(35)31-28-12-8-7-11-27(28)24-9-5-4-6-10-24;1-4-13(5-2)11(14)10-6-8-12(3)9-7-10/h4-16,26H,3,17-22H2,1-2H3,(H,31,35);10H,4-9H2,1-3H3. The number of anilines is 1. The summed E-state index contributed by atoms with van der Waals surface area (Å²) in [5.74, 6) is 0.692. The second kappa shape index (κ2) is 19.8. The van der Waals surface area contributed by atoms with Gasteiger partial charge in [-0.05, 0) is 95.4 Å². The van der Waals surface area contributed by atoms with E-state index < -0.39 is 6.09 Å². The lowest BCUT2D eigenvalue weighted by atomic mass is 9.95. The first-order chi connectivity index (χ1) is 24.2. The molecule has 2 saturated heterocycles. The lowest BCUT2D eigenvalue weighted by Gasteiger charge is -2.32. The minimum Gasteiger partial charge on any atom is -0.446 e. The Kier molecular flexibility index (Phi) is 15.3. The molecule has 0 spiro atoms. The van der Waals surface area contributed by atoms with Gasteiger partial charge in [-0.2, -0.15) is 0 Å². The molecule has 3 amide bonds. The predicted molar refractivity (Wildman–Crippen MR) is 202 cm³/mol. The lowest BCUT2D eigenvalue weighted by Crippen LogP contribution is -2.42. The van der Waals surface area contributed by atoms with Crippen LogP contribution in [0.2, 0.25) is 0 Å². The van der Waals surface area contributed by atoms with Gasteiger partial charge in [-0.25, -0.2) is 4.79 Å². The van der Waals surface area contributed by atoms with Crippen LogP contribution >= 0.6 is 0 Å². The fraction of sp³-hybridized carbons (Fsp3) is 0.488. The van der Waals surface area contributed by atoms with Crippen LogP contribution in [0.5, 0.6) is 0 Å². The van der Waals surface area contributed by atoms with E-state index in [0.717, 1.165) is 100 Å². The molecule has 1 N–H and O–H groups in total. The van der Waals surface area contributed by atoms with E-state index in [1.807, 2.05) is 90.8 Å². The van der Waals surface area contributed by atoms with Gasteiger partial charge in [-0.15, -0.1) is 0 Å². The summed E-state index contributed by atoms with van der Waals surface area (Å²) in [6, 6.07) is 25.6. The second-order valence-corrected chi connectivity index (χ2v) is 13.3. The highest BCUT2D eigenvalue weighted by Crippen LogP contribution is 2.28. The van der Waals surface area contributed by atoms with E-state index >= 15 is 0 Å². The highest BCUT2D eigenvalue weighted by atomic mass is 16.6. The van der Waals surface area contributed by atoms with Gasteiger partial charge in [-0.3, -0.25) is 14.9 Å². The highest BCUT2D eigenvalue weighted by molar-refractivity contribution is 5.94. The Morgan fingerprint density at radius 2 is 1.42 bits per heavy atom. The number of nitrogens with zero attached hydrogens (tertiary/aromatic N) is 4. The lowest BCUT2D eigenvalue weighted by molar-refractivity contribution is -0.136. The van der Waals surface area contributed by atoms with Crippen LogP contribution in [0.15, 0.2) is 78.9 Å². The number of benzene rings is 3. The molecule has 0 aliphatic carbocycles. The van der Waals surface area contributed by atoms with Gasteiger partial charge in [0.15, 0.2) is 0 Å². The molecule has 0 bridgehead atoms. The maximum Gasteiger partial charge on any atom is 0.411 e. The van der Waals surface area contributed by atoms with E-state index in [4.69, 9.17) is 4.74 Å². The Morgan fingerprint density at radius 3 is 2.04 bits per heavy atom. The molecule has 3 aromatic carbocycles. The van der Waals surface area contributed by atoms with Crippen molar-refractivity contribution in [2.75, 3.05) is 71.8 Å². The molecule has 3 aromatic rings. The molecule has 0 unspecified atom stereocenters. The molecule has 0 aromatic heterocycles. The molecule has 2 fully saturated rings. The number of likely N-dealkylation sites (tertiary alicyclic amines) is 2. The van der Waals surface area contributed by atoms with E-state index in [0.29, 0.717) is 12.5 Å². The molecule has 2 aliphatic rings. The minimum atomic E-state index is -0.420. The number of para-hydroxylation sites is 1. The first kappa shape index (κ1) is 38.6. The Morgan fingerprint density at radius 1 is 0.800 bits per heavy atom. The van der Waals surface area contributed by atoms with E-state index in [1.54, 1.807) is 4.90 Å². The van der Waals surface area contributed by atoms with Gasteiger partial charge in [0.1, 0.15) is 6.10 Å². The van der Waals surface area contributed by atoms with Gasteiger partial charge in [-0.1, -0.05) is 67.6 Å². The number of hydrogen-bond acceptors (Lipinski definition) is 6. The van der Waals surface area contributed by atoms with E-state index in [1.165, 1.54) is 5.56 Å². The average molecular weight is 684 g/mol. The number of hydrogen-bond donors (Lipinski definition) is 1. The molecule has 9 heteroatoms. The fourth-order valence-corrected chi connectivity index (χ4v) is 6.55. The normalized spacial score (nSPS) is 15.8. The van der Waals surface area contributed by atoms with Gasteiger partial charge in [0, 0.05) is 63.4 Å². The van der Waals surface area contributed by atoms with Crippen LogP contribution in [-0.4, -0.2) is 110 Å². The predicted octanol–water partition coefficient (Wildman–Crippen LogP) is 6.90. The minimum absolute atomic E-state index is 0.0447. The summed E-state index contributed by atoms with van der Waals surface area (Å²) in [6.45, 7) is 13.2. The van der Waals surface area contributed by atoms with Gasteiger partial charge < -0.3 is 24.3 Å². The Balaban J connectivity index is 0.000000337. The number of carbonyl (C=O) groups excluding carboxylic acids is 3. The first-order valence-electron chi connectivity index (χ1n) is 18.4. The number of rotatable bonds is 11. The summed E-state index contributed by atoms with van der Waals surface area (Å²) in [5, 5.41) is 2.92. The van der Waals surface area contributed by atoms with Crippen molar-refractivity contribution in [3.8, 4) is 11.1 Å². The smallest absolute Gasteiger partial charge is 0.411 e. The monoisotopic (exact) mass is 683 g/mol. The van der Waals surface area contributed by atoms with E-state index in [-0.39, 0.29) is 17.9 Å². The van der Waals surface area contributed by atoms with Crippen molar-refractivity contribution >= 4 is 23.6 Å². The van der Waals surface area contributed by atoms with Crippen molar-refractivity contribution in [3.05, 3.63) is 90.0 Å². The molecular weight excluding hydrogens is 626 g/mol. The van der Waals surface area contributed by atoms with Gasteiger partial charge >= 0.3 is 6.09 Å². The molecule has 5 rings (SSSR count). The molecule has 270 valence electrons. The van der Waals surface area contributed by atoms with Crippen LogP contribution in [-0.2, 0) is 16.0 Å². The molecule has 0 saturated carbocycles. The quantitative estimate of drug-likeness (QED) is 0.237. The van der Waals surface area contributed by atoms with Gasteiger partial charge in [0.2, 0.25) is 5.91 Å².